The van der Waals surface area contributed by atoms with Crippen molar-refractivity contribution in [2.24, 2.45) is 0 Å². The fraction of sp³-hybridized carbons (Fsp3) is 0.214. The number of anilines is 1. The third kappa shape index (κ3) is 7.32. The van der Waals surface area contributed by atoms with Gasteiger partial charge in [0, 0.05) is 16.4 Å². The van der Waals surface area contributed by atoms with Crippen molar-refractivity contribution in [3.8, 4) is 11.4 Å². The number of nitrogens with one attached hydrogen (secondary N) is 2. The molecule has 0 radical (unpaired) electrons. The summed E-state index contributed by atoms with van der Waals surface area (Å²) in [5.74, 6) is 0.788. The van der Waals surface area contributed by atoms with Crippen LogP contribution in [-0.2, 0) is 11.3 Å². The molecule has 1 heterocycles. The first-order valence-electron chi connectivity index (χ1n) is 12.2. The Morgan fingerprint density at radius 1 is 1.00 bits per heavy atom. The minimum Gasteiger partial charge on any atom is -0.494 e. The number of halogens is 2. The number of rotatable bonds is 10. The zero-order valence-electron chi connectivity index (χ0n) is 21.6. The van der Waals surface area contributed by atoms with E-state index >= 15 is 0 Å². The van der Waals surface area contributed by atoms with E-state index in [1.807, 2.05) is 63.2 Å². The normalized spacial score (nSPS) is 10.8. The summed E-state index contributed by atoms with van der Waals surface area (Å²) in [7, 11) is 0. The molecule has 0 saturated heterocycles. The monoisotopic (exact) mass is 583 g/mol. The SMILES string of the molecule is CCOc1ccc(-n2c(CNC(=O)c3ccc(Cl)cc3Cl)nnc2SCC(=O)Nc2cc(C)ccc2C)cc1. The number of ether oxygens (including phenoxy) is 1. The fourth-order valence-corrected chi connectivity index (χ4v) is 5.01. The summed E-state index contributed by atoms with van der Waals surface area (Å²) in [6, 6.07) is 18.0. The Kier molecular flexibility index (Phi) is 9.50. The molecule has 1 aromatic heterocycles. The van der Waals surface area contributed by atoms with Gasteiger partial charge in [-0.1, -0.05) is 47.1 Å². The van der Waals surface area contributed by atoms with Crippen LogP contribution in [0.4, 0.5) is 5.69 Å². The largest absolute Gasteiger partial charge is 0.494 e. The topological polar surface area (TPSA) is 98.1 Å². The summed E-state index contributed by atoms with van der Waals surface area (Å²) < 4.78 is 7.36. The average Bonchev–Trinajstić information content (AvgIpc) is 3.31. The number of amides is 2. The Balaban J connectivity index is 1.54. The molecule has 4 aromatic rings. The lowest BCUT2D eigenvalue weighted by molar-refractivity contribution is -0.113. The van der Waals surface area contributed by atoms with Crippen molar-refractivity contribution in [3.05, 3.63) is 93.2 Å². The summed E-state index contributed by atoms with van der Waals surface area (Å²) in [6.45, 7) is 6.47. The maximum atomic E-state index is 12.8. The van der Waals surface area contributed by atoms with E-state index in [2.05, 4.69) is 20.8 Å². The molecule has 202 valence electrons. The predicted octanol–water partition coefficient (Wildman–Crippen LogP) is 6.25. The van der Waals surface area contributed by atoms with Crippen LogP contribution in [0.5, 0.6) is 5.75 Å². The Bertz CT molecular complexity index is 1490. The van der Waals surface area contributed by atoms with Crippen molar-refractivity contribution in [2.75, 3.05) is 17.7 Å². The van der Waals surface area contributed by atoms with E-state index in [1.165, 1.54) is 17.8 Å². The molecule has 39 heavy (non-hydrogen) atoms. The first kappa shape index (κ1) is 28.5. The highest BCUT2D eigenvalue weighted by Crippen LogP contribution is 2.25. The van der Waals surface area contributed by atoms with Crippen LogP contribution in [0.2, 0.25) is 10.0 Å². The molecule has 0 spiro atoms. The van der Waals surface area contributed by atoms with Gasteiger partial charge in [0.15, 0.2) is 11.0 Å². The van der Waals surface area contributed by atoms with Crippen molar-refractivity contribution in [2.45, 2.75) is 32.5 Å². The Hall–Kier alpha value is -3.53. The molecule has 0 aliphatic heterocycles. The summed E-state index contributed by atoms with van der Waals surface area (Å²) >= 11 is 13.4. The number of hydrogen-bond acceptors (Lipinski definition) is 6. The van der Waals surface area contributed by atoms with Crippen molar-refractivity contribution in [3.63, 3.8) is 0 Å². The number of hydrogen-bond donors (Lipinski definition) is 2. The first-order chi connectivity index (χ1) is 18.7. The number of thioether (sulfide) groups is 1. The molecule has 3 aromatic carbocycles. The number of carbonyl (C=O) groups excluding carboxylic acids is 2. The number of carbonyl (C=O) groups is 2. The number of aromatic nitrogens is 3. The van der Waals surface area contributed by atoms with Crippen LogP contribution in [0.15, 0.2) is 65.8 Å². The van der Waals surface area contributed by atoms with E-state index in [-0.39, 0.29) is 29.1 Å². The maximum Gasteiger partial charge on any atom is 0.253 e. The van der Waals surface area contributed by atoms with Gasteiger partial charge in [-0.2, -0.15) is 0 Å². The molecule has 8 nitrogen and oxygen atoms in total. The van der Waals surface area contributed by atoms with Crippen molar-refractivity contribution >= 4 is 52.5 Å². The molecule has 11 heteroatoms. The highest BCUT2D eigenvalue weighted by Gasteiger charge is 2.18. The predicted molar refractivity (Wildman–Crippen MR) is 155 cm³/mol. The summed E-state index contributed by atoms with van der Waals surface area (Å²) in [5, 5.41) is 15.6. The number of nitrogens with zero attached hydrogens (tertiary/aromatic N) is 3. The smallest absolute Gasteiger partial charge is 0.253 e. The Labute approximate surface area is 241 Å². The second kappa shape index (κ2) is 13.0. The van der Waals surface area contributed by atoms with Gasteiger partial charge in [-0.3, -0.25) is 14.2 Å². The van der Waals surface area contributed by atoms with Crippen LogP contribution in [-0.4, -0.2) is 38.9 Å². The van der Waals surface area contributed by atoms with Crippen LogP contribution >= 0.6 is 35.0 Å². The minimum absolute atomic E-state index is 0.0766. The van der Waals surface area contributed by atoms with Gasteiger partial charge in [0.05, 0.1) is 29.5 Å². The molecule has 0 bridgehead atoms. The van der Waals surface area contributed by atoms with E-state index < -0.39 is 0 Å². The van der Waals surface area contributed by atoms with E-state index in [4.69, 9.17) is 27.9 Å². The fourth-order valence-electron chi connectivity index (χ4n) is 3.74. The van der Waals surface area contributed by atoms with Gasteiger partial charge in [0.2, 0.25) is 5.91 Å². The Morgan fingerprint density at radius 2 is 1.77 bits per heavy atom. The second-order valence-electron chi connectivity index (χ2n) is 8.62. The van der Waals surface area contributed by atoms with Gasteiger partial charge < -0.3 is 15.4 Å². The number of aryl methyl sites for hydroxylation is 2. The summed E-state index contributed by atoms with van der Waals surface area (Å²) in [6.07, 6.45) is 0. The van der Waals surface area contributed by atoms with E-state index in [9.17, 15) is 9.59 Å². The second-order valence-corrected chi connectivity index (χ2v) is 10.4. The first-order valence-corrected chi connectivity index (χ1v) is 13.9. The van der Waals surface area contributed by atoms with E-state index in [0.717, 1.165) is 28.3 Å². The van der Waals surface area contributed by atoms with Gasteiger partial charge >= 0.3 is 0 Å². The molecule has 0 aliphatic rings. The molecular weight excluding hydrogens is 557 g/mol. The third-order valence-corrected chi connectivity index (χ3v) is 7.17. The minimum atomic E-state index is -0.375. The maximum absolute atomic E-state index is 12.8. The summed E-state index contributed by atoms with van der Waals surface area (Å²) in [5.41, 5.74) is 3.87. The molecule has 2 amide bonds. The average molecular weight is 585 g/mol. The van der Waals surface area contributed by atoms with E-state index in [0.29, 0.717) is 28.2 Å². The lowest BCUT2D eigenvalue weighted by atomic mass is 10.1. The van der Waals surface area contributed by atoms with Crippen LogP contribution < -0.4 is 15.4 Å². The zero-order valence-corrected chi connectivity index (χ0v) is 24.0. The molecular formula is C28H27Cl2N5O3S. The molecule has 0 atom stereocenters. The van der Waals surface area contributed by atoms with Gasteiger partial charge in [0.25, 0.3) is 5.91 Å². The van der Waals surface area contributed by atoms with Crippen LogP contribution in [0.25, 0.3) is 5.69 Å². The molecule has 0 saturated carbocycles. The molecule has 0 aliphatic carbocycles. The standard InChI is InChI=1S/C28H27Cl2N5O3S/c1-4-38-21-10-8-20(9-11-21)35-25(15-31-27(37)22-12-7-19(29)14-23(22)30)33-34-28(35)39-16-26(36)32-24-13-17(2)5-6-18(24)3/h5-14H,4,15-16H2,1-3H3,(H,31,37)(H,32,36). The van der Waals surface area contributed by atoms with E-state index in [1.54, 1.807) is 16.7 Å². The molecule has 4 rings (SSSR count). The van der Waals surface area contributed by atoms with Gasteiger partial charge in [-0.15, -0.1) is 10.2 Å². The van der Waals surface area contributed by atoms with Crippen LogP contribution in [0.3, 0.4) is 0 Å². The van der Waals surface area contributed by atoms with Crippen LogP contribution in [0.1, 0.15) is 34.2 Å². The third-order valence-electron chi connectivity index (χ3n) is 5.69. The zero-order chi connectivity index (χ0) is 27.9. The molecule has 2 N–H and O–H groups in total. The molecule has 0 unspecified atom stereocenters. The van der Waals surface area contributed by atoms with Gasteiger partial charge in [0.1, 0.15) is 5.75 Å². The van der Waals surface area contributed by atoms with Crippen molar-refractivity contribution in [1.29, 1.82) is 0 Å². The van der Waals surface area contributed by atoms with Crippen molar-refractivity contribution in [1.82, 2.24) is 20.1 Å². The quantitative estimate of drug-likeness (QED) is 0.214. The highest BCUT2D eigenvalue weighted by atomic mass is 35.5. The van der Waals surface area contributed by atoms with Gasteiger partial charge in [-0.25, -0.2) is 0 Å². The van der Waals surface area contributed by atoms with Crippen LogP contribution in [0, 0.1) is 13.8 Å². The highest BCUT2D eigenvalue weighted by molar-refractivity contribution is 7.99. The van der Waals surface area contributed by atoms with Crippen molar-refractivity contribution < 1.29 is 14.3 Å². The summed E-state index contributed by atoms with van der Waals surface area (Å²) in [4.78, 5) is 25.6. The molecule has 0 fully saturated rings. The lowest BCUT2D eigenvalue weighted by Gasteiger charge is -2.13. The lowest BCUT2D eigenvalue weighted by Crippen LogP contribution is -2.25. The van der Waals surface area contributed by atoms with Gasteiger partial charge in [-0.05, 0) is 80.4 Å². The Morgan fingerprint density at radius 3 is 2.49 bits per heavy atom. The number of benzene rings is 3.